The van der Waals surface area contributed by atoms with E-state index in [9.17, 15) is 29.1 Å². The fourth-order valence-electron chi connectivity index (χ4n) is 5.34. The Kier molecular flexibility index (Phi) is 16.0. The molecule has 0 aliphatic rings. The van der Waals surface area contributed by atoms with E-state index in [1.807, 2.05) is 27.7 Å². The largest absolute Gasteiger partial charge is 0.508 e. The molecule has 0 unspecified atom stereocenters. The predicted molar refractivity (Wildman–Crippen MR) is 187 cm³/mol. The Morgan fingerprint density at radius 1 is 0.633 bits per heavy atom. The number of phenolic OH excluding ortho intramolecular Hbond substituents is 1. The summed E-state index contributed by atoms with van der Waals surface area (Å²) in [6, 6.07) is 7.03. The standard InChI is InChI=1S/C39H50O10/c1-5-9-13-17-28(41)34-29(46-31(42)18-14-10-6-2)25-30-35(38(34)48-32(43)19-15-11-7-3)36(45)39(49-33(44)20-16-12-8-4)37(47-30)26-21-23-27(40)24-22-26/h21-25,40H,5-20H2,1-4H3. The molecule has 0 bridgehead atoms. The molecule has 0 saturated carbocycles. The number of ketones is 1. The van der Waals surface area contributed by atoms with Gasteiger partial charge < -0.3 is 23.7 Å². The molecule has 2 aromatic carbocycles. The highest BCUT2D eigenvalue weighted by Crippen LogP contribution is 2.41. The molecule has 1 heterocycles. The second-order valence-electron chi connectivity index (χ2n) is 12.3. The molecule has 0 atom stereocenters. The van der Waals surface area contributed by atoms with Crippen LogP contribution in [0, 0.1) is 0 Å². The zero-order chi connectivity index (χ0) is 35.8. The summed E-state index contributed by atoms with van der Waals surface area (Å²) < 4.78 is 23.5. The SMILES string of the molecule is CCCCCC(=O)Oc1cc2oc(-c3ccc(O)cc3)c(OC(=O)CCCCC)c(=O)c2c(OC(=O)CCCCC)c1C(=O)CCCCC. The molecule has 0 spiro atoms. The molecular formula is C39H50O10. The molecule has 0 amide bonds. The summed E-state index contributed by atoms with van der Waals surface area (Å²) in [4.78, 5) is 67.6. The van der Waals surface area contributed by atoms with Crippen molar-refractivity contribution in [3.05, 3.63) is 46.1 Å². The molecule has 10 heteroatoms. The van der Waals surface area contributed by atoms with Gasteiger partial charge in [0.25, 0.3) is 0 Å². The number of esters is 3. The number of carbonyl (C=O) groups excluding carboxylic acids is 4. The molecule has 49 heavy (non-hydrogen) atoms. The first-order chi connectivity index (χ1) is 23.6. The van der Waals surface area contributed by atoms with Gasteiger partial charge in [-0.3, -0.25) is 24.0 Å². The fraction of sp³-hybridized carbons (Fsp3) is 0.513. The molecule has 1 aromatic heterocycles. The topological polar surface area (TPSA) is 146 Å². The number of hydrogen-bond donors (Lipinski definition) is 1. The molecule has 0 radical (unpaired) electrons. The number of ether oxygens (including phenoxy) is 3. The van der Waals surface area contributed by atoms with Crippen molar-refractivity contribution in [2.75, 3.05) is 0 Å². The second kappa shape index (κ2) is 20.1. The quantitative estimate of drug-likeness (QED) is 0.0500. The van der Waals surface area contributed by atoms with Crippen molar-refractivity contribution in [1.29, 1.82) is 0 Å². The maximum absolute atomic E-state index is 14.5. The van der Waals surface area contributed by atoms with Crippen LogP contribution in [0.2, 0.25) is 0 Å². The fourth-order valence-corrected chi connectivity index (χ4v) is 5.34. The average molecular weight is 679 g/mol. The van der Waals surface area contributed by atoms with E-state index < -0.39 is 34.9 Å². The molecule has 3 aromatic rings. The Morgan fingerprint density at radius 2 is 1.10 bits per heavy atom. The van der Waals surface area contributed by atoms with E-state index in [4.69, 9.17) is 18.6 Å². The lowest BCUT2D eigenvalue weighted by Gasteiger charge is -2.18. The van der Waals surface area contributed by atoms with Crippen molar-refractivity contribution in [2.24, 2.45) is 0 Å². The lowest BCUT2D eigenvalue weighted by Crippen LogP contribution is -2.20. The molecule has 0 fully saturated rings. The molecule has 3 rings (SSSR count). The summed E-state index contributed by atoms with van der Waals surface area (Å²) in [5.74, 6) is -3.57. The molecule has 1 N–H and O–H groups in total. The zero-order valence-corrected chi connectivity index (χ0v) is 29.3. The lowest BCUT2D eigenvalue weighted by molar-refractivity contribution is -0.135. The van der Waals surface area contributed by atoms with Crippen molar-refractivity contribution < 1.29 is 42.9 Å². The van der Waals surface area contributed by atoms with Crippen molar-refractivity contribution in [3.63, 3.8) is 0 Å². The Balaban J connectivity index is 2.36. The van der Waals surface area contributed by atoms with Crippen molar-refractivity contribution in [2.45, 2.75) is 130 Å². The number of hydrogen-bond acceptors (Lipinski definition) is 10. The van der Waals surface area contributed by atoms with E-state index in [1.54, 1.807) is 0 Å². The number of rotatable bonds is 21. The maximum atomic E-state index is 14.5. The van der Waals surface area contributed by atoms with Crippen LogP contribution < -0.4 is 19.6 Å². The van der Waals surface area contributed by atoms with Crippen LogP contribution in [0.15, 0.2) is 39.5 Å². The van der Waals surface area contributed by atoms with Crippen LogP contribution in [-0.2, 0) is 14.4 Å². The Bertz CT molecular complexity index is 1630. The van der Waals surface area contributed by atoms with Gasteiger partial charge in [0, 0.05) is 37.3 Å². The molecule has 266 valence electrons. The minimum Gasteiger partial charge on any atom is -0.508 e. The van der Waals surface area contributed by atoms with E-state index in [1.165, 1.54) is 30.3 Å². The summed E-state index contributed by atoms with van der Waals surface area (Å²) in [5, 5.41) is 9.63. The molecule has 0 aliphatic heterocycles. The Hall–Kier alpha value is -4.47. The number of phenols is 1. The number of Topliss-reactive ketones (excluding diaryl/α,β-unsaturated/α-hetero) is 1. The van der Waals surface area contributed by atoms with E-state index in [0.717, 1.165) is 51.4 Å². The van der Waals surface area contributed by atoms with Crippen molar-refractivity contribution >= 4 is 34.7 Å². The summed E-state index contributed by atoms with van der Waals surface area (Å²) in [6.07, 6.45) is 8.98. The number of aromatic hydroxyl groups is 1. The van der Waals surface area contributed by atoms with Gasteiger partial charge in [-0.25, -0.2) is 0 Å². The van der Waals surface area contributed by atoms with Crippen LogP contribution in [0.1, 0.15) is 141 Å². The van der Waals surface area contributed by atoms with Crippen molar-refractivity contribution in [1.82, 2.24) is 0 Å². The van der Waals surface area contributed by atoms with E-state index in [2.05, 4.69) is 0 Å². The van der Waals surface area contributed by atoms with Crippen molar-refractivity contribution in [3.8, 4) is 34.3 Å². The Morgan fingerprint density at radius 3 is 1.61 bits per heavy atom. The second-order valence-corrected chi connectivity index (χ2v) is 12.3. The average Bonchev–Trinajstić information content (AvgIpc) is 3.06. The van der Waals surface area contributed by atoms with Gasteiger partial charge in [-0.15, -0.1) is 0 Å². The van der Waals surface area contributed by atoms with Gasteiger partial charge in [-0.1, -0.05) is 79.1 Å². The highest BCUT2D eigenvalue weighted by Gasteiger charge is 2.31. The number of carbonyl (C=O) groups is 4. The summed E-state index contributed by atoms with van der Waals surface area (Å²) >= 11 is 0. The smallest absolute Gasteiger partial charge is 0.311 e. The van der Waals surface area contributed by atoms with Gasteiger partial charge in [-0.05, 0) is 49.9 Å². The minimum absolute atomic E-state index is 0.0238. The highest BCUT2D eigenvalue weighted by molar-refractivity contribution is 6.08. The first kappa shape index (κ1) is 39.0. The lowest BCUT2D eigenvalue weighted by atomic mass is 9.99. The summed E-state index contributed by atoms with van der Waals surface area (Å²) in [6.45, 7) is 7.99. The van der Waals surface area contributed by atoms with Crippen LogP contribution >= 0.6 is 0 Å². The van der Waals surface area contributed by atoms with Crippen LogP contribution in [0.25, 0.3) is 22.3 Å². The third-order valence-electron chi connectivity index (χ3n) is 8.09. The summed E-state index contributed by atoms with van der Waals surface area (Å²) in [5.41, 5.74) is -0.880. The highest BCUT2D eigenvalue weighted by atomic mass is 16.6. The minimum atomic E-state index is -0.840. The third kappa shape index (κ3) is 11.3. The first-order valence-electron chi connectivity index (χ1n) is 17.8. The first-order valence-corrected chi connectivity index (χ1v) is 17.8. The molecule has 0 aliphatic carbocycles. The maximum Gasteiger partial charge on any atom is 0.311 e. The normalized spacial score (nSPS) is 11.0. The van der Waals surface area contributed by atoms with Crippen LogP contribution in [0.5, 0.6) is 23.0 Å². The van der Waals surface area contributed by atoms with E-state index in [0.29, 0.717) is 31.2 Å². The van der Waals surface area contributed by atoms with Crippen LogP contribution in [0.3, 0.4) is 0 Å². The van der Waals surface area contributed by atoms with Gasteiger partial charge >= 0.3 is 17.9 Å². The van der Waals surface area contributed by atoms with E-state index >= 15 is 0 Å². The predicted octanol–water partition coefficient (Wildman–Crippen LogP) is 9.39. The molecule has 0 saturated heterocycles. The Labute approximate surface area is 288 Å². The summed E-state index contributed by atoms with van der Waals surface area (Å²) in [7, 11) is 0. The molecule has 10 nitrogen and oxygen atoms in total. The zero-order valence-electron chi connectivity index (χ0n) is 29.3. The number of fused-ring (bicyclic) bond motifs is 1. The van der Waals surface area contributed by atoms with Gasteiger partial charge in [0.1, 0.15) is 28.0 Å². The van der Waals surface area contributed by atoms with Crippen LogP contribution in [0.4, 0.5) is 0 Å². The van der Waals surface area contributed by atoms with Crippen LogP contribution in [-0.4, -0.2) is 28.8 Å². The van der Waals surface area contributed by atoms with Gasteiger partial charge in [0.2, 0.25) is 11.2 Å². The number of benzene rings is 2. The monoisotopic (exact) mass is 678 g/mol. The van der Waals surface area contributed by atoms with E-state index in [-0.39, 0.29) is 65.2 Å². The van der Waals surface area contributed by atoms with Gasteiger partial charge in [0.05, 0.1) is 0 Å². The third-order valence-corrected chi connectivity index (χ3v) is 8.09. The molecular weight excluding hydrogens is 628 g/mol. The van der Waals surface area contributed by atoms with Gasteiger partial charge in [-0.2, -0.15) is 0 Å². The van der Waals surface area contributed by atoms with Gasteiger partial charge in [0.15, 0.2) is 17.3 Å². The number of unbranched alkanes of at least 4 members (excludes halogenated alkanes) is 8.